The Balaban J connectivity index is 1.96. The minimum Gasteiger partial charge on any atom is -0.410 e. The Morgan fingerprint density at radius 1 is 1.21 bits per heavy atom. The van der Waals surface area contributed by atoms with Gasteiger partial charge in [0.25, 0.3) is 15.8 Å². The second-order valence-electron chi connectivity index (χ2n) is 7.84. The molecule has 0 atom stereocenters. The summed E-state index contributed by atoms with van der Waals surface area (Å²) in [6, 6.07) is 7.37. The zero-order valence-electron chi connectivity index (χ0n) is 18.8. The summed E-state index contributed by atoms with van der Waals surface area (Å²) in [4.78, 5) is 38.3. The van der Waals surface area contributed by atoms with Crippen LogP contribution in [0.25, 0.3) is 11.0 Å². The molecule has 2 N–H and O–H groups in total. The van der Waals surface area contributed by atoms with Gasteiger partial charge in [-0.15, -0.1) is 0 Å². The number of rotatable bonds is 7. The molecule has 13 heteroatoms. The van der Waals surface area contributed by atoms with Gasteiger partial charge in [0.15, 0.2) is 5.82 Å². The van der Waals surface area contributed by atoms with Crippen molar-refractivity contribution in [1.82, 2.24) is 14.2 Å². The Morgan fingerprint density at radius 3 is 2.56 bits per heavy atom. The van der Waals surface area contributed by atoms with Crippen LogP contribution < -0.4 is 25.5 Å². The second-order valence-corrected chi connectivity index (χ2v) is 9.28. The fourth-order valence-corrected chi connectivity index (χ4v) is 4.10. The normalized spacial score (nSPS) is 11.6. The number of anilines is 1. The summed E-state index contributed by atoms with van der Waals surface area (Å²) in [5.41, 5.74) is -1.34. The van der Waals surface area contributed by atoms with Crippen LogP contribution in [0.3, 0.4) is 0 Å². The molecule has 1 heterocycles. The van der Waals surface area contributed by atoms with Crippen LogP contribution in [-0.4, -0.2) is 44.1 Å². The fourth-order valence-electron chi connectivity index (χ4n) is 2.97. The zero-order chi connectivity index (χ0) is 25.2. The van der Waals surface area contributed by atoms with Gasteiger partial charge >= 0.3 is 11.8 Å². The molecule has 0 aliphatic carbocycles. The van der Waals surface area contributed by atoms with Gasteiger partial charge in [-0.1, -0.05) is 12.1 Å². The first-order chi connectivity index (χ1) is 15.9. The second kappa shape index (κ2) is 9.65. The van der Waals surface area contributed by atoms with Gasteiger partial charge in [0.05, 0.1) is 17.6 Å². The van der Waals surface area contributed by atoms with Crippen molar-refractivity contribution in [2.45, 2.75) is 26.4 Å². The Bertz CT molecular complexity index is 1460. The van der Waals surface area contributed by atoms with Crippen LogP contribution in [0.4, 0.5) is 14.9 Å². The maximum Gasteiger partial charge on any atom is 0.422 e. The average Bonchev–Trinajstić information content (AvgIpc) is 2.72. The van der Waals surface area contributed by atoms with Gasteiger partial charge in [0, 0.05) is 31.8 Å². The van der Waals surface area contributed by atoms with Crippen molar-refractivity contribution in [2.24, 2.45) is 0 Å². The maximum absolute atomic E-state index is 15.0. The van der Waals surface area contributed by atoms with Crippen molar-refractivity contribution in [3.63, 3.8) is 0 Å². The highest BCUT2D eigenvalue weighted by Gasteiger charge is 2.18. The molecule has 0 unspecified atom stereocenters. The molecule has 11 nitrogen and oxygen atoms in total. The van der Waals surface area contributed by atoms with Gasteiger partial charge in [-0.2, -0.15) is 13.1 Å². The van der Waals surface area contributed by atoms with Crippen molar-refractivity contribution < 1.29 is 26.8 Å². The standard InChI is InChI=1S/C21H23FN4O7S/c1-12(2)23-34(30,31)24-16-7-5-6-13(18(16)22)11-26-19(27)15-9-8-14(32-20(28)25(3)4)10-17(15)33-21(26)29/h5-10,12,23-24H,11H2,1-4H3. The van der Waals surface area contributed by atoms with Crippen LogP contribution in [0.15, 0.2) is 50.4 Å². The van der Waals surface area contributed by atoms with Gasteiger partial charge in [-0.05, 0) is 32.0 Å². The predicted molar refractivity (Wildman–Crippen MR) is 123 cm³/mol. The van der Waals surface area contributed by atoms with Gasteiger partial charge in [-0.25, -0.2) is 18.5 Å². The van der Waals surface area contributed by atoms with Crippen LogP contribution in [0.1, 0.15) is 19.4 Å². The summed E-state index contributed by atoms with van der Waals surface area (Å²) in [7, 11) is -1.06. The Hall–Kier alpha value is -3.71. The lowest BCUT2D eigenvalue weighted by Gasteiger charge is -2.14. The van der Waals surface area contributed by atoms with E-state index < -0.39 is 46.0 Å². The van der Waals surface area contributed by atoms with E-state index in [2.05, 4.69) is 9.44 Å². The van der Waals surface area contributed by atoms with Crippen LogP contribution in [-0.2, 0) is 16.8 Å². The maximum atomic E-state index is 15.0. The molecule has 0 radical (unpaired) electrons. The monoisotopic (exact) mass is 494 g/mol. The van der Waals surface area contributed by atoms with Crippen LogP contribution >= 0.6 is 0 Å². The highest BCUT2D eigenvalue weighted by atomic mass is 32.2. The summed E-state index contributed by atoms with van der Waals surface area (Å²) in [6.45, 7) is 2.70. The third kappa shape index (κ3) is 5.61. The largest absolute Gasteiger partial charge is 0.422 e. The van der Waals surface area contributed by atoms with E-state index in [1.54, 1.807) is 13.8 Å². The topological polar surface area (TPSA) is 140 Å². The van der Waals surface area contributed by atoms with Crippen molar-refractivity contribution >= 4 is 33.0 Å². The van der Waals surface area contributed by atoms with Gasteiger partial charge in [0.2, 0.25) is 0 Å². The molecule has 0 saturated heterocycles. The van der Waals surface area contributed by atoms with E-state index >= 15 is 0 Å². The van der Waals surface area contributed by atoms with E-state index in [-0.39, 0.29) is 28.0 Å². The number of hydrogen-bond donors (Lipinski definition) is 2. The molecule has 2 aromatic carbocycles. The van der Waals surface area contributed by atoms with Crippen molar-refractivity contribution in [1.29, 1.82) is 0 Å². The fraction of sp³-hybridized carbons (Fsp3) is 0.286. The molecule has 1 aromatic heterocycles. The lowest BCUT2D eigenvalue weighted by molar-refractivity contribution is 0.172. The first-order valence-electron chi connectivity index (χ1n) is 10.0. The summed E-state index contributed by atoms with van der Waals surface area (Å²) in [5, 5.41) is 0.00245. The van der Waals surface area contributed by atoms with Crippen molar-refractivity contribution in [3.05, 3.63) is 68.7 Å². The third-order valence-electron chi connectivity index (χ3n) is 4.46. The Kier molecular flexibility index (Phi) is 7.07. The zero-order valence-corrected chi connectivity index (χ0v) is 19.6. The number of aromatic nitrogens is 1. The Labute approximate surface area is 193 Å². The van der Waals surface area contributed by atoms with Gasteiger partial charge in [-0.3, -0.25) is 9.52 Å². The molecule has 0 spiro atoms. The van der Waals surface area contributed by atoms with Crippen LogP contribution in [0.2, 0.25) is 0 Å². The predicted octanol–water partition coefficient (Wildman–Crippen LogP) is 1.86. The molecule has 34 heavy (non-hydrogen) atoms. The number of ether oxygens (including phenoxy) is 1. The first-order valence-corrected chi connectivity index (χ1v) is 11.5. The molecule has 182 valence electrons. The highest BCUT2D eigenvalue weighted by Crippen LogP contribution is 2.21. The molecule has 0 aliphatic rings. The number of benzene rings is 2. The number of carbonyl (C=O) groups is 1. The van der Waals surface area contributed by atoms with Crippen molar-refractivity contribution in [3.8, 4) is 5.75 Å². The van der Waals surface area contributed by atoms with E-state index in [1.165, 1.54) is 55.4 Å². The quantitative estimate of drug-likeness (QED) is 0.511. The summed E-state index contributed by atoms with van der Waals surface area (Å²) in [6.07, 6.45) is -0.662. The smallest absolute Gasteiger partial charge is 0.410 e. The van der Waals surface area contributed by atoms with E-state index in [1.807, 2.05) is 0 Å². The molecule has 3 aromatic rings. The number of nitrogens with one attached hydrogen (secondary N) is 2. The third-order valence-corrected chi connectivity index (χ3v) is 5.73. The molecular weight excluding hydrogens is 471 g/mol. The number of halogens is 1. The van der Waals surface area contributed by atoms with Crippen molar-refractivity contribution in [2.75, 3.05) is 18.8 Å². The van der Waals surface area contributed by atoms with Gasteiger partial charge in [0.1, 0.15) is 11.3 Å². The molecule has 0 saturated carbocycles. The number of nitrogens with zero attached hydrogens (tertiary/aromatic N) is 2. The minimum atomic E-state index is -4.04. The van der Waals surface area contributed by atoms with Gasteiger partial charge < -0.3 is 14.1 Å². The summed E-state index contributed by atoms with van der Waals surface area (Å²) >= 11 is 0. The number of amides is 1. The number of carbonyl (C=O) groups excluding carboxylic acids is 1. The van der Waals surface area contributed by atoms with E-state index in [9.17, 15) is 27.2 Å². The minimum absolute atomic E-state index is 0.00245. The first kappa shape index (κ1) is 24.9. The van der Waals surface area contributed by atoms with Crippen LogP contribution in [0.5, 0.6) is 5.75 Å². The van der Waals surface area contributed by atoms with Crippen LogP contribution in [0, 0.1) is 5.82 Å². The molecular formula is C21H23FN4O7S. The summed E-state index contributed by atoms with van der Waals surface area (Å²) < 4.78 is 54.4. The molecule has 3 rings (SSSR count). The molecule has 0 fully saturated rings. The molecule has 0 aliphatic heterocycles. The lowest BCUT2D eigenvalue weighted by atomic mass is 10.2. The van der Waals surface area contributed by atoms with E-state index in [4.69, 9.17) is 9.15 Å². The highest BCUT2D eigenvalue weighted by molar-refractivity contribution is 7.90. The van der Waals surface area contributed by atoms with E-state index in [0.29, 0.717) is 4.57 Å². The Morgan fingerprint density at radius 2 is 1.91 bits per heavy atom. The lowest BCUT2D eigenvalue weighted by Crippen LogP contribution is -2.35. The molecule has 1 amide bonds. The number of fused-ring (bicyclic) bond motifs is 1. The molecule has 0 bridgehead atoms. The SMILES string of the molecule is CC(C)NS(=O)(=O)Nc1cccc(Cn2c(=O)oc3cc(OC(=O)N(C)C)ccc3c2=O)c1F. The number of hydrogen-bond acceptors (Lipinski definition) is 7. The average molecular weight is 495 g/mol. The van der Waals surface area contributed by atoms with E-state index in [0.717, 1.165) is 0 Å². The summed E-state index contributed by atoms with van der Waals surface area (Å²) in [5.74, 6) is -1.96.